The second-order valence-electron chi connectivity index (χ2n) is 7.17. The summed E-state index contributed by atoms with van der Waals surface area (Å²) in [5, 5.41) is 32.4. The van der Waals surface area contributed by atoms with Crippen LogP contribution >= 0.6 is 29.4 Å². The largest absolute Gasteiger partial charge is 0.480 e. The average molecular weight is 522 g/mol. The van der Waals surface area contributed by atoms with E-state index in [0.29, 0.717) is 0 Å². The molecule has 9 N–H and O–H groups in total. The molecule has 0 aromatic heterocycles. The average Bonchev–Trinajstić information content (AvgIpc) is 2.67. The fourth-order valence-electron chi connectivity index (χ4n) is 1.83. The first-order valence-corrected chi connectivity index (χ1v) is 13.0. The van der Waals surface area contributed by atoms with Gasteiger partial charge in [-0.25, -0.2) is 9.36 Å². The number of amides is 2. The Labute approximate surface area is 191 Å². The van der Waals surface area contributed by atoms with Gasteiger partial charge in [0.1, 0.15) is 18.2 Å². The van der Waals surface area contributed by atoms with E-state index in [9.17, 15) is 34.0 Å². The number of carbonyl (C=O) groups excluding carboxylic acids is 2. The molecule has 0 aliphatic rings. The van der Waals surface area contributed by atoms with Crippen molar-refractivity contribution in [2.75, 3.05) is 24.7 Å². The number of carboxylic acid groups (broad SMARTS) is 2. The van der Waals surface area contributed by atoms with E-state index < -0.39 is 61.8 Å². The van der Waals surface area contributed by atoms with Crippen LogP contribution < -0.4 is 16.4 Å². The summed E-state index contributed by atoms with van der Waals surface area (Å²) in [6.07, 6.45) is -2.00. The molecule has 0 saturated heterocycles. The summed E-state index contributed by atoms with van der Waals surface area (Å²) in [5.41, 5.74) is 3.98. The third kappa shape index (κ3) is 13.2. The van der Waals surface area contributed by atoms with Gasteiger partial charge in [0, 0.05) is 29.9 Å². The Bertz CT molecular complexity index is 719. The van der Waals surface area contributed by atoms with E-state index in [-0.39, 0.29) is 24.5 Å². The highest BCUT2D eigenvalue weighted by Crippen LogP contribution is 2.38. The molecule has 0 aliphatic carbocycles. The molecule has 14 nitrogen and oxygen atoms in total. The third-order valence-corrected chi connectivity index (χ3v) is 6.67. The van der Waals surface area contributed by atoms with Crippen LogP contribution in [-0.2, 0) is 28.3 Å². The molecule has 186 valence electrons. The first-order chi connectivity index (χ1) is 14.6. The summed E-state index contributed by atoms with van der Waals surface area (Å²) in [7, 11) is -2.71. The van der Waals surface area contributed by atoms with Crippen LogP contribution in [0.15, 0.2) is 0 Å². The number of hydrogen-bond donors (Lipinski definition) is 8. The van der Waals surface area contributed by atoms with Crippen molar-refractivity contribution in [1.82, 2.24) is 10.6 Å². The van der Waals surface area contributed by atoms with Crippen LogP contribution in [0.4, 0.5) is 0 Å². The van der Waals surface area contributed by atoms with Gasteiger partial charge in [-0.1, -0.05) is 35.4 Å². The number of hydrogen-bond acceptors (Lipinski definition) is 10. The van der Waals surface area contributed by atoms with Crippen molar-refractivity contribution in [2.24, 2.45) is 11.1 Å². The van der Waals surface area contributed by atoms with E-state index in [2.05, 4.69) is 15.2 Å². The minimum atomic E-state index is -4.79. The molecular weight excluding hydrogens is 493 g/mol. The molecule has 0 aliphatic heterocycles. The van der Waals surface area contributed by atoms with Crippen molar-refractivity contribution in [3.63, 3.8) is 0 Å². The fraction of sp³-hybridized carbons (Fsp3) is 0.733. The Morgan fingerprint density at radius 3 is 2.16 bits per heavy atom. The summed E-state index contributed by atoms with van der Waals surface area (Å²) in [4.78, 5) is 63.3. The van der Waals surface area contributed by atoms with Gasteiger partial charge in [-0.05, 0) is 0 Å². The van der Waals surface area contributed by atoms with E-state index in [4.69, 9.17) is 20.6 Å². The summed E-state index contributed by atoms with van der Waals surface area (Å²) in [5.74, 6) is -4.11. The van der Waals surface area contributed by atoms with E-state index in [1.807, 2.05) is 0 Å². The lowest BCUT2D eigenvalue weighted by Gasteiger charge is -2.29. The molecule has 17 heteroatoms. The van der Waals surface area contributed by atoms with Gasteiger partial charge in [0.05, 0.1) is 6.61 Å². The number of nitrogens with two attached hydrogens (primary N) is 1. The predicted octanol–water partition coefficient (Wildman–Crippen LogP) is -1.65. The van der Waals surface area contributed by atoms with Gasteiger partial charge in [-0.15, -0.1) is 0 Å². The van der Waals surface area contributed by atoms with Crippen molar-refractivity contribution in [3.8, 4) is 0 Å². The second-order valence-corrected chi connectivity index (χ2v) is 11.0. The number of carboxylic acids is 2. The molecule has 3 atom stereocenters. The fourth-order valence-corrected chi connectivity index (χ4v) is 4.60. The zero-order chi connectivity index (χ0) is 25.1. The highest BCUT2D eigenvalue weighted by Gasteiger charge is 2.36. The molecule has 0 fully saturated rings. The van der Waals surface area contributed by atoms with Crippen molar-refractivity contribution in [2.45, 2.75) is 38.5 Å². The Balaban J connectivity index is 4.43. The third-order valence-electron chi connectivity index (χ3n) is 3.76. The van der Waals surface area contributed by atoms with Crippen LogP contribution in [-0.4, -0.2) is 91.7 Å². The van der Waals surface area contributed by atoms with E-state index in [0.717, 1.165) is 21.6 Å². The van der Waals surface area contributed by atoms with Crippen LogP contribution in [0.25, 0.3) is 0 Å². The quantitative estimate of drug-likeness (QED) is 0.0644. The van der Waals surface area contributed by atoms with Crippen molar-refractivity contribution >= 4 is 53.2 Å². The zero-order valence-electron chi connectivity index (χ0n) is 17.3. The SMILES string of the molecule is CC(C)(COP(=O)(O)O)[C@@H](O)C(=O)NCCC(=O)N[C@@H](CSSC[C@H](N)C(=O)O)C(=O)O. The standard InChI is InChI=1S/C15H28N3O11PS2/c1-15(2,7-29-30(26,27)28)11(20)12(21)17-4-3-10(19)18-9(14(24)25)6-32-31-5-8(16)13(22)23/h8-9,11,20H,3-7,16H2,1-2H3,(H,17,21)(H,18,19)(H,22,23)(H,24,25)(H2,26,27,28)/t8-,9-,11-/m0/s1. The maximum Gasteiger partial charge on any atom is 0.469 e. The molecular formula is C15H28N3O11PS2. The van der Waals surface area contributed by atoms with E-state index in [1.165, 1.54) is 13.8 Å². The molecule has 0 rings (SSSR count). The highest BCUT2D eigenvalue weighted by molar-refractivity contribution is 8.76. The molecule has 0 saturated carbocycles. The van der Waals surface area contributed by atoms with E-state index >= 15 is 0 Å². The normalized spacial score (nSPS) is 14.8. The van der Waals surface area contributed by atoms with Gasteiger partial charge in [-0.2, -0.15) is 0 Å². The topological polar surface area (TPSA) is 246 Å². The van der Waals surface area contributed by atoms with Gasteiger partial charge in [0.2, 0.25) is 11.8 Å². The first-order valence-electron chi connectivity index (χ1n) is 8.97. The Hall–Kier alpha value is -1.39. The Kier molecular flexibility index (Phi) is 13.4. The Morgan fingerprint density at radius 1 is 1.09 bits per heavy atom. The number of aliphatic hydroxyl groups is 1. The van der Waals surface area contributed by atoms with Crippen LogP contribution in [0.2, 0.25) is 0 Å². The van der Waals surface area contributed by atoms with Gasteiger partial charge < -0.3 is 41.5 Å². The maximum atomic E-state index is 12.0. The van der Waals surface area contributed by atoms with E-state index in [1.54, 1.807) is 0 Å². The molecule has 2 amide bonds. The summed E-state index contributed by atoms with van der Waals surface area (Å²) in [6, 6.07) is -2.36. The summed E-state index contributed by atoms with van der Waals surface area (Å²) >= 11 is 0. The van der Waals surface area contributed by atoms with Gasteiger partial charge >= 0.3 is 19.8 Å². The number of nitrogens with one attached hydrogen (secondary N) is 2. The van der Waals surface area contributed by atoms with Crippen LogP contribution in [0.5, 0.6) is 0 Å². The maximum absolute atomic E-state index is 12.0. The van der Waals surface area contributed by atoms with Crippen molar-refractivity contribution in [3.05, 3.63) is 0 Å². The van der Waals surface area contributed by atoms with Crippen molar-refractivity contribution in [1.29, 1.82) is 0 Å². The number of aliphatic carboxylic acids is 2. The van der Waals surface area contributed by atoms with Crippen LogP contribution in [0.3, 0.4) is 0 Å². The van der Waals surface area contributed by atoms with Gasteiger partial charge in [-0.3, -0.25) is 18.9 Å². The molecule has 0 heterocycles. The smallest absolute Gasteiger partial charge is 0.469 e. The number of aliphatic hydroxyl groups excluding tert-OH is 1. The highest BCUT2D eigenvalue weighted by atomic mass is 33.1. The number of carbonyl (C=O) groups is 4. The minimum Gasteiger partial charge on any atom is -0.480 e. The second kappa shape index (κ2) is 14.0. The predicted molar refractivity (Wildman–Crippen MR) is 116 cm³/mol. The minimum absolute atomic E-state index is 0.0458. The molecule has 0 spiro atoms. The lowest BCUT2D eigenvalue weighted by molar-refractivity contribution is -0.141. The van der Waals surface area contributed by atoms with Gasteiger partial charge in [0.25, 0.3) is 0 Å². The first kappa shape index (κ1) is 30.6. The number of phosphoric acid groups is 1. The molecule has 0 aromatic rings. The lowest BCUT2D eigenvalue weighted by Crippen LogP contribution is -2.47. The molecule has 0 aromatic carbocycles. The number of rotatable bonds is 16. The lowest BCUT2D eigenvalue weighted by atomic mass is 9.87. The molecule has 0 radical (unpaired) electrons. The molecule has 32 heavy (non-hydrogen) atoms. The monoisotopic (exact) mass is 521 g/mol. The number of phosphoric ester groups is 1. The van der Waals surface area contributed by atoms with Crippen LogP contribution in [0.1, 0.15) is 20.3 Å². The zero-order valence-corrected chi connectivity index (χ0v) is 19.8. The molecule has 0 bridgehead atoms. The Morgan fingerprint density at radius 2 is 1.66 bits per heavy atom. The van der Waals surface area contributed by atoms with Crippen LogP contribution in [0, 0.1) is 5.41 Å². The summed E-state index contributed by atoms with van der Waals surface area (Å²) < 4.78 is 15.1. The molecule has 0 unspecified atom stereocenters. The summed E-state index contributed by atoms with van der Waals surface area (Å²) in [6.45, 7) is 1.84. The van der Waals surface area contributed by atoms with Crippen molar-refractivity contribution < 1.29 is 53.4 Å². The van der Waals surface area contributed by atoms with Gasteiger partial charge in [0.15, 0.2) is 0 Å².